The van der Waals surface area contributed by atoms with E-state index in [4.69, 9.17) is 13.3 Å². The minimum Gasteiger partial charge on any atom is -0.425 e. The normalized spacial score (nSPS) is 18.2. The van der Waals surface area contributed by atoms with Gasteiger partial charge in [0.25, 0.3) is 0 Å². The monoisotopic (exact) mass is 628 g/mol. The Morgan fingerprint density at radius 2 is 1.03 bits per heavy atom. The molecule has 0 aromatic heterocycles. The molecule has 0 aromatic carbocycles. The summed E-state index contributed by atoms with van der Waals surface area (Å²) in [6.45, 7) is 5.87. The van der Waals surface area contributed by atoms with E-state index in [1.807, 2.05) is 0 Å². The van der Waals surface area contributed by atoms with Crippen LogP contribution in [0.1, 0.15) is 26.2 Å². The Labute approximate surface area is 208 Å². The highest BCUT2D eigenvalue weighted by Crippen LogP contribution is 2.47. The Balaban J connectivity index is 0.000000724. The molecule has 0 spiro atoms. The molecule has 37 heavy (non-hydrogen) atoms. The molecular formula is C15H26F10N2O7S2Si. The zero-order chi connectivity index (χ0) is 29.8. The van der Waals surface area contributed by atoms with E-state index < -0.39 is 51.7 Å². The molecule has 1 rings (SSSR count). The summed E-state index contributed by atoms with van der Waals surface area (Å²) in [6, 6.07) is 0. The van der Waals surface area contributed by atoms with Gasteiger partial charge in [-0.2, -0.15) is 43.9 Å². The third-order valence-corrected chi connectivity index (χ3v) is 11.7. The van der Waals surface area contributed by atoms with Gasteiger partial charge in [0.15, 0.2) is 20.0 Å². The number of rotatable bonds is 10. The molecule has 0 saturated carbocycles. The van der Waals surface area contributed by atoms with Crippen LogP contribution >= 0.6 is 0 Å². The Bertz CT molecular complexity index is 887. The summed E-state index contributed by atoms with van der Waals surface area (Å²) in [5.74, 6) is 0. The second-order valence-corrected chi connectivity index (χ2v) is 14.1. The third-order valence-electron chi connectivity index (χ3n) is 5.40. The lowest BCUT2D eigenvalue weighted by molar-refractivity contribution is -0.923. The van der Waals surface area contributed by atoms with Crippen LogP contribution in [0.15, 0.2) is 0 Å². The van der Waals surface area contributed by atoms with E-state index in [-0.39, 0.29) is 0 Å². The van der Waals surface area contributed by atoms with E-state index in [0.717, 1.165) is 17.2 Å². The fourth-order valence-corrected chi connectivity index (χ4v) is 7.75. The molecule has 0 amide bonds. The van der Waals surface area contributed by atoms with Crippen molar-refractivity contribution < 1.29 is 78.5 Å². The molecule has 9 nitrogen and oxygen atoms in total. The zero-order valence-corrected chi connectivity index (χ0v) is 22.4. The largest absolute Gasteiger partial charge is 0.558 e. The summed E-state index contributed by atoms with van der Waals surface area (Å²) < 4.78 is 179. The first-order valence-electron chi connectivity index (χ1n) is 9.99. The Morgan fingerprint density at radius 1 is 0.703 bits per heavy atom. The van der Waals surface area contributed by atoms with E-state index in [0.29, 0.717) is 4.13 Å². The topological polar surface area (TPSA) is 110 Å². The molecule has 0 radical (unpaired) electrons. The number of quaternary nitrogens is 1. The fourth-order valence-electron chi connectivity index (χ4n) is 3.14. The zero-order valence-electron chi connectivity index (χ0n) is 19.8. The maximum atomic E-state index is 12.3. The van der Waals surface area contributed by atoms with E-state index in [9.17, 15) is 60.7 Å². The number of piperidine rings is 1. The van der Waals surface area contributed by atoms with Crippen molar-refractivity contribution in [2.24, 2.45) is 0 Å². The first-order valence-corrected chi connectivity index (χ1v) is 14.8. The summed E-state index contributed by atoms with van der Waals surface area (Å²) in [7, 11) is -12.6. The van der Waals surface area contributed by atoms with Crippen LogP contribution < -0.4 is 0 Å². The molecule has 22 heteroatoms. The van der Waals surface area contributed by atoms with Gasteiger partial charge in [-0.25, -0.2) is 16.8 Å². The van der Waals surface area contributed by atoms with E-state index in [1.165, 1.54) is 32.4 Å². The van der Waals surface area contributed by atoms with Crippen molar-refractivity contribution in [2.75, 3.05) is 47.1 Å². The van der Waals surface area contributed by atoms with Crippen LogP contribution in [0.4, 0.5) is 43.9 Å². The first-order chi connectivity index (χ1) is 16.4. The lowest BCUT2D eigenvalue weighted by atomic mass is 10.1. The summed E-state index contributed by atoms with van der Waals surface area (Å²) >= 11 is 0. The molecule has 0 aliphatic carbocycles. The van der Waals surface area contributed by atoms with Crippen LogP contribution in [-0.2, 0) is 33.3 Å². The van der Waals surface area contributed by atoms with Crippen LogP contribution in [0.5, 0.6) is 0 Å². The molecule has 1 aliphatic rings. The average Bonchev–Trinajstić information content (AvgIpc) is 2.76. The summed E-state index contributed by atoms with van der Waals surface area (Å²) in [5, 5.41) is -14.0. The Kier molecular flexibility index (Phi) is 11.9. The van der Waals surface area contributed by atoms with Crippen LogP contribution in [0.2, 0.25) is 0 Å². The minimum absolute atomic E-state index is 0.422. The molecule has 1 fully saturated rings. The predicted molar refractivity (Wildman–Crippen MR) is 109 cm³/mol. The van der Waals surface area contributed by atoms with Crippen LogP contribution in [0, 0.1) is 0 Å². The molecule has 1 saturated heterocycles. The third kappa shape index (κ3) is 8.11. The summed E-state index contributed by atoms with van der Waals surface area (Å²) in [6.07, 6.45) is -9.10. The van der Waals surface area contributed by atoms with Gasteiger partial charge >= 0.3 is 31.7 Å². The first kappa shape index (κ1) is 36.2. The number of nitrogens with zero attached hydrogens (tertiary/aromatic N) is 2. The van der Waals surface area contributed by atoms with Gasteiger partial charge in [0.1, 0.15) is 6.17 Å². The van der Waals surface area contributed by atoms with Gasteiger partial charge in [-0.05, 0) is 26.2 Å². The molecule has 1 aliphatic heterocycles. The molecule has 0 bridgehead atoms. The van der Waals surface area contributed by atoms with Gasteiger partial charge in [0.2, 0.25) is 0 Å². The van der Waals surface area contributed by atoms with E-state index in [2.05, 4.69) is 6.92 Å². The van der Waals surface area contributed by atoms with Gasteiger partial charge in [-0.15, -0.1) is 0 Å². The van der Waals surface area contributed by atoms with Crippen molar-refractivity contribution in [1.82, 2.24) is 0 Å². The van der Waals surface area contributed by atoms with Gasteiger partial charge in [0, 0.05) is 21.3 Å². The van der Waals surface area contributed by atoms with Gasteiger partial charge in [-0.1, -0.05) is 0 Å². The second kappa shape index (κ2) is 12.2. The quantitative estimate of drug-likeness (QED) is 0.206. The maximum absolute atomic E-state index is 12.3. The fraction of sp³-hybridized carbons (Fsp3) is 1.00. The average molecular weight is 629 g/mol. The molecule has 1 heterocycles. The molecular weight excluding hydrogens is 602 g/mol. The smallest absolute Gasteiger partial charge is 0.425 e. The van der Waals surface area contributed by atoms with Crippen LogP contribution in [0.25, 0.3) is 4.13 Å². The predicted octanol–water partition coefficient (Wildman–Crippen LogP) is 3.75. The maximum Gasteiger partial charge on any atom is 0.558 e. The Morgan fingerprint density at radius 3 is 1.27 bits per heavy atom. The summed E-state index contributed by atoms with van der Waals surface area (Å²) in [4.78, 5) is 0. The lowest BCUT2D eigenvalue weighted by Gasteiger charge is -2.43. The van der Waals surface area contributed by atoms with Crippen molar-refractivity contribution in [3.63, 3.8) is 0 Å². The summed E-state index contributed by atoms with van der Waals surface area (Å²) in [5.41, 5.74) is 0. The SMILES string of the molecule is CC[N+]1(C[Si](OC)(OC)OC)CCCCC1.O=S(=O)([N-]S(=O)(=O)C(F)(F)C(F)(F)F)C(F)(F)C(F)(F)F. The number of alkyl halides is 10. The van der Waals surface area contributed by atoms with Crippen molar-refractivity contribution in [3.05, 3.63) is 4.13 Å². The van der Waals surface area contributed by atoms with Gasteiger partial charge in [0.05, 0.1) is 19.6 Å². The molecule has 0 aromatic rings. The standard InChI is InChI=1S/C11H26NO3Si.C4F10NO4S2/c1-5-12(9-7-6-8-10-12)11-16(13-2,14-3)15-4;5-1(6,7)3(11,12)20(16,17)15-21(18,19)4(13,14)2(8,9)10/h5-11H2,1-4H3;/q+1;-1. The number of halogens is 10. The van der Waals surface area contributed by atoms with Gasteiger partial charge < -0.3 is 21.9 Å². The van der Waals surface area contributed by atoms with E-state index >= 15 is 0 Å². The molecule has 224 valence electrons. The van der Waals surface area contributed by atoms with Crippen molar-refractivity contribution in [3.8, 4) is 0 Å². The molecule has 0 unspecified atom stereocenters. The highest BCUT2D eigenvalue weighted by molar-refractivity contribution is 8.13. The van der Waals surface area contributed by atoms with Crippen molar-refractivity contribution >= 4 is 28.9 Å². The minimum atomic E-state index is -7.62. The second-order valence-electron chi connectivity index (χ2n) is 7.67. The molecule has 0 N–H and O–H groups in total. The number of hydrogen-bond acceptors (Lipinski definition) is 7. The van der Waals surface area contributed by atoms with Crippen molar-refractivity contribution in [2.45, 2.75) is 49.0 Å². The van der Waals surface area contributed by atoms with Crippen molar-refractivity contribution in [1.29, 1.82) is 0 Å². The molecule has 0 atom stereocenters. The highest BCUT2D eigenvalue weighted by Gasteiger charge is 2.68. The highest BCUT2D eigenvalue weighted by atomic mass is 32.3. The lowest BCUT2D eigenvalue weighted by Crippen LogP contribution is -2.63. The van der Waals surface area contributed by atoms with E-state index in [1.54, 1.807) is 21.3 Å². The van der Waals surface area contributed by atoms with Gasteiger partial charge in [-0.3, -0.25) is 0 Å². The Hall–Kier alpha value is -0.783. The number of hydrogen-bond donors (Lipinski definition) is 0. The number of sulfonamides is 2. The number of likely N-dealkylation sites (tertiary alicyclic amines) is 1. The van der Waals surface area contributed by atoms with Crippen LogP contribution in [-0.4, -0.2) is 100 Å². The van der Waals surface area contributed by atoms with Crippen LogP contribution in [0.3, 0.4) is 0 Å².